The van der Waals surface area contributed by atoms with Crippen molar-refractivity contribution < 1.29 is 23.1 Å². The summed E-state index contributed by atoms with van der Waals surface area (Å²) in [6.07, 6.45) is 1.20. The van der Waals surface area contributed by atoms with Gasteiger partial charge in [-0.05, 0) is 20.8 Å². The van der Waals surface area contributed by atoms with Crippen LogP contribution < -0.4 is 0 Å². The number of carbonyl (C=O) groups excluding carboxylic acids is 1. The van der Waals surface area contributed by atoms with Crippen molar-refractivity contribution in [2.24, 2.45) is 0 Å². The van der Waals surface area contributed by atoms with Gasteiger partial charge in [0.1, 0.15) is 0 Å². The highest BCUT2D eigenvalue weighted by Gasteiger charge is 2.59. The van der Waals surface area contributed by atoms with Crippen molar-refractivity contribution >= 4 is 21.9 Å². The highest BCUT2D eigenvalue weighted by Crippen LogP contribution is 2.34. The molecule has 0 aliphatic carbocycles. The quantitative estimate of drug-likeness (QED) is 0.707. The summed E-state index contributed by atoms with van der Waals surface area (Å²) in [5, 5.41) is 8.56. The van der Waals surface area contributed by atoms with Gasteiger partial charge in [-0.25, -0.2) is 17.5 Å². The zero-order valence-electron chi connectivity index (χ0n) is 9.22. The molecule has 0 unspecified atom stereocenters. The molecule has 0 aromatic rings. The maximum atomic E-state index is 11.6. The van der Waals surface area contributed by atoms with E-state index in [1.165, 1.54) is 26.8 Å². The van der Waals surface area contributed by atoms with E-state index in [0.29, 0.717) is 4.31 Å². The molecule has 90 valence electrons. The van der Waals surface area contributed by atoms with Crippen molar-refractivity contribution in [1.82, 2.24) is 4.31 Å². The first-order valence-electron chi connectivity index (χ1n) is 4.59. The summed E-state index contributed by atoms with van der Waals surface area (Å²) in [5.41, 5.74) is 0.00714. The first-order chi connectivity index (χ1) is 7.12. The van der Waals surface area contributed by atoms with E-state index in [9.17, 15) is 18.0 Å². The summed E-state index contributed by atoms with van der Waals surface area (Å²) in [6, 6.07) is 0. The molecule has 1 heterocycles. The van der Waals surface area contributed by atoms with Crippen LogP contribution in [0.15, 0.2) is 11.6 Å². The fourth-order valence-corrected chi connectivity index (χ4v) is 2.71. The summed E-state index contributed by atoms with van der Waals surface area (Å²) in [7, 11) is -3.62. The van der Waals surface area contributed by atoms with Crippen LogP contribution in [-0.2, 0) is 19.6 Å². The van der Waals surface area contributed by atoms with E-state index < -0.39 is 26.6 Å². The molecular weight excluding hydrogens is 234 g/mol. The van der Waals surface area contributed by atoms with E-state index in [1.54, 1.807) is 0 Å². The standard InChI is InChI=1S/C9H13NO5S/c1-6(7(11)12)4-5-10-8(13)9(2,3)16(10,14)15/h4H,5H2,1-3H3,(H,11,12). The van der Waals surface area contributed by atoms with E-state index in [2.05, 4.69) is 0 Å². The van der Waals surface area contributed by atoms with Gasteiger partial charge in [0.25, 0.3) is 15.9 Å². The van der Waals surface area contributed by atoms with Crippen LogP contribution in [0.25, 0.3) is 0 Å². The molecule has 0 spiro atoms. The Hall–Kier alpha value is -1.37. The van der Waals surface area contributed by atoms with Crippen molar-refractivity contribution in [3.8, 4) is 0 Å². The van der Waals surface area contributed by atoms with Gasteiger partial charge in [-0.15, -0.1) is 0 Å². The molecule has 1 aliphatic rings. The Labute approximate surface area is 93.6 Å². The van der Waals surface area contributed by atoms with Gasteiger partial charge in [-0.1, -0.05) is 6.08 Å². The molecule has 7 heteroatoms. The lowest BCUT2D eigenvalue weighted by Gasteiger charge is -2.42. The smallest absolute Gasteiger partial charge is 0.331 e. The third-order valence-corrected chi connectivity index (χ3v) is 4.94. The highest BCUT2D eigenvalue weighted by molar-refractivity contribution is 7.94. The normalized spacial score (nSPS) is 22.8. The number of amides is 1. The Kier molecular flexibility index (Phi) is 2.84. The topological polar surface area (TPSA) is 91.8 Å². The molecule has 0 aromatic heterocycles. The van der Waals surface area contributed by atoms with E-state index in [0.717, 1.165) is 0 Å². The molecule has 0 saturated carbocycles. The lowest BCUT2D eigenvalue weighted by Crippen LogP contribution is -2.67. The van der Waals surface area contributed by atoms with Gasteiger partial charge in [-0.3, -0.25) is 4.79 Å². The number of carboxylic acids is 1. The first-order valence-corrected chi connectivity index (χ1v) is 6.03. The monoisotopic (exact) mass is 247 g/mol. The summed E-state index contributed by atoms with van der Waals surface area (Å²) >= 11 is 0. The third kappa shape index (κ3) is 1.60. The maximum absolute atomic E-state index is 11.6. The van der Waals surface area contributed by atoms with Crippen LogP contribution in [0, 0.1) is 0 Å². The second-order valence-electron chi connectivity index (χ2n) is 4.04. The Bertz CT molecular complexity index is 474. The second-order valence-corrected chi connectivity index (χ2v) is 6.46. The lowest BCUT2D eigenvalue weighted by atomic mass is 10.2. The number of carbonyl (C=O) groups is 2. The van der Waals surface area contributed by atoms with Gasteiger partial charge in [0.2, 0.25) is 0 Å². The molecule has 16 heavy (non-hydrogen) atoms. The zero-order valence-corrected chi connectivity index (χ0v) is 10.0. The average molecular weight is 247 g/mol. The Morgan fingerprint density at radius 3 is 2.38 bits per heavy atom. The molecule has 0 bridgehead atoms. The van der Waals surface area contributed by atoms with Crippen LogP contribution in [0.1, 0.15) is 20.8 Å². The third-order valence-electron chi connectivity index (χ3n) is 2.58. The summed E-state index contributed by atoms with van der Waals surface area (Å²) in [4.78, 5) is 21.9. The van der Waals surface area contributed by atoms with E-state index in [4.69, 9.17) is 5.11 Å². The predicted molar refractivity (Wildman–Crippen MR) is 56.1 cm³/mol. The minimum Gasteiger partial charge on any atom is -0.478 e. The molecule has 1 saturated heterocycles. The number of rotatable bonds is 3. The van der Waals surface area contributed by atoms with Crippen LogP contribution >= 0.6 is 0 Å². The largest absolute Gasteiger partial charge is 0.478 e. The van der Waals surface area contributed by atoms with Gasteiger partial charge >= 0.3 is 5.97 Å². The Balaban J connectivity index is 2.85. The molecule has 0 radical (unpaired) electrons. The number of carboxylic acid groups (broad SMARTS) is 1. The van der Waals surface area contributed by atoms with E-state index in [1.807, 2.05) is 0 Å². The fourth-order valence-electron chi connectivity index (χ4n) is 1.24. The van der Waals surface area contributed by atoms with Gasteiger partial charge in [-0.2, -0.15) is 0 Å². The molecule has 1 aliphatic heterocycles. The molecule has 1 fully saturated rings. The van der Waals surface area contributed by atoms with Crippen LogP contribution in [0.4, 0.5) is 0 Å². The molecule has 1 amide bonds. The van der Waals surface area contributed by atoms with Gasteiger partial charge in [0.15, 0.2) is 4.75 Å². The van der Waals surface area contributed by atoms with Crippen LogP contribution in [-0.4, -0.2) is 41.0 Å². The SMILES string of the molecule is CC(=CCN1C(=O)C(C)(C)S1(=O)=O)C(=O)O. The van der Waals surface area contributed by atoms with Crippen molar-refractivity contribution in [2.75, 3.05) is 6.54 Å². The molecule has 0 aromatic carbocycles. The zero-order chi connectivity index (χ0) is 12.7. The molecular formula is C9H13NO5S. The Morgan fingerprint density at radius 1 is 1.50 bits per heavy atom. The maximum Gasteiger partial charge on any atom is 0.331 e. The van der Waals surface area contributed by atoms with Crippen LogP contribution in [0.2, 0.25) is 0 Å². The summed E-state index contributed by atoms with van der Waals surface area (Å²) < 4.78 is 22.5. The van der Waals surface area contributed by atoms with E-state index in [-0.39, 0.29) is 12.1 Å². The molecule has 0 atom stereocenters. The number of nitrogens with zero attached hydrogens (tertiary/aromatic N) is 1. The van der Waals surface area contributed by atoms with Crippen molar-refractivity contribution in [3.05, 3.63) is 11.6 Å². The van der Waals surface area contributed by atoms with E-state index >= 15 is 0 Å². The van der Waals surface area contributed by atoms with Crippen LogP contribution in [0.5, 0.6) is 0 Å². The predicted octanol–water partition coefficient (Wildman–Crippen LogP) is -0.0321. The number of aliphatic carboxylic acids is 1. The lowest BCUT2D eigenvalue weighted by molar-refractivity contribution is -0.133. The van der Waals surface area contributed by atoms with Crippen LogP contribution in [0.3, 0.4) is 0 Å². The number of sulfonamides is 1. The highest BCUT2D eigenvalue weighted by atomic mass is 32.2. The van der Waals surface area contributed by atoms with Gasteiger partial charge in [0.05, 0.1) is 6.54 Å². The minimum atomic E-state index is -3.62. The number of hydrogen-bond acceptors (Lipinski definition) is 4. The summed E-state index contributed by atoms with van der Waals surface area (Å²) in [6.45, 7) is 3.77. The van der Waals surface area contributed by atoms with Gasteiger partial charge in [0, 0.05) is 5.57 Å². The molecule has 1 rings (SSSR count). The number of hydrogen-bond donors (Lipinski definition) is 1. The molecule has 1 N–H and O–H groups in total. The second kappa shape index (κ2) is 3.58. The minimum absolute atomic E-state index is 0.00714. The fraction of sp³-hybridized carbons (Fsp3) is 0.556. The molecule has 6 nitrogen and oxygen atoms in total. The first kappa shape index (κ1) is 12.7. The van der Waals surface area contributed by atoms with Crippen molar-refractivity contribution in [1.29, 1.82) is 0 Å². The van der Waals surface area contributed by atoms with Crippen molar-refractivity contribution in [2.45, 2.75) is 25.5 Å². The summed E-state index contributed by atoms with van der Waals surface area (Å²) in [5.74, 6) is -1.65. The van der Waals surface area contributed by atoms with Gasteiger partial charge < -0.3 is 5.11 Å². The average Bonchev–Trinajstić information content (AvgIpc) is 2.16. The Morgan fingerprint density at radius 2 is 2.00 bits per heavy atom. The van der Waals surface area contributed by atoms with Crippen molar-refractivity contribution in [3.63, 3.8) is 0 Å².